The summed E-state index contributed by atoms with van der Waals surface area (Å²) in [6.45, 7) is 0. The van der Waals surface area contributed by atoms with E-state index in [1.54, 1.807) is 173 Å². The van der Waals surface area contributed by atoms with Gasteiger partial charge in [0, 0.05) is 0 Å². The quantitative estimate of drug-likeness (QED) is 0.313. The monoisotopic (exact) mass is 575 g/mol. The van der Waals surface area contributed by atoms with Gasteiger partial charge in [-0.25, -0.2) is 0 Å². The molecule has 8 aliphatic carbocycles. The van der Waals surface area contributed by atoms with Gasteiger partial charge in [-0.1, -0.05) is 96.3 Å². The highest BCUT2D eigenvalue weighted by molar-refractivity contribution is 5.05. The molecule has 0 spiro atoms. The third kappa shape index (κ3) is 5.73. The fraction of sp³-hybridized carbons (Fsp3) is 1.00. The van der Waals surface area contributed by atoms with Gasteiger partial charge in [0.1, 0.15) is 0 Å². The van der Waals surface area contributed by atoms with Crippen molar-refractivity contribution in [1.29, 1.82) is 0 Å². The van der Waals surface area contributed by atoms with Crippen molar-refractivity contribution >= 4 is 0 Å². The van der Waals surface area contributed by atoms with Gasteiger partial charge >= 0.3 is 0 Å². The molecule has 0 heteroatoms. The molecular weight excluding hydrogens is 504 g/mol. The first kappa shape index (κ1) is 29.4. The van der Waals surface area contributed by atoms with Gasteiger partial charge in [0.05, 0.1) is 0 Å². The van der Waals surface area contributed by atoms with E-state index in [1.165, 1.54) is 6.42 Å². The van der Waals surface area contributed by atoms with Crippen LogP contribution < -0.4 is 0 Å². The molecule has 8 rings (SSSR count). The Morgan fingerprint density at radius 3 is 1.10 bits per heavy atom. The van der Waals surface area contributed by atoms with E-state index in [0.717, 1.165) is 82.9 Å². The molecule has 0 amide bonds. The lowest BCUT2D eigenvalue weighted by Crippen LogP contribution is -2.55. The molecule has 0 aromatic rings. The van der Waals surface area contributed by atoms with Crippen LogP contribution in [0, 0.1) is 82.9 Å². The van der Waals surface area contributed by atoms with Crippen molar-refractivity contribution in [2.75, 3.05) is 0 Å². The first-order valence-electron chi connectivity index (χ1n) is 20.8. The molecule has 0 radical (unpaired) electrons. The maximum atomic E-state index is 1.67. The lowest BCUT2D eigenvalue weighted by molar-refractivity contribution is -0.130. The van der Waals surface area contributed by atoms with Crippen molar-refractivity contribution in [2.45, 2.75) is 180 Å². The van der Waals surface area contributed by atoms with Crippen molar-refractivity contribution < 1.29 is 0 Å². The van der Waals surface area contributed by atoms with Gasteiger partial charge in [-0.3, -0.25) is 0 Å². The summed E-state index contributed by atoms with van der Waals surface area (Å²) in [6, 6.07) is 0. The minimum Gasteiger partial charge on any atom is -0.0533 e. The summed E-state index contributed by atoms with van der Waals surface area (Å²) in [7, 11) is 0. The topological polar surface area (TPSA) is 0 Å². The Kier molecular flexibility index (Phi) is 9.37. The van der Waals surface area contributed by atoms with Crippen molar-refractivity contribution in [3.05, 3.63) is 0 Å². The Bertz CT molecular complexity index is 820. The van der Waals surface area contributed by atoms with E-state index in [0.29, 0.717) is 0 Å². The summed E-state index contributed by atoms with van der Waals surface area (Å²) in [4.78, 5) is 0. The van der Waals surface area contributed by atoms with Gasteiger partial charge in [0.15, 0.2) is 0 Å². The van der Waals surface area contributed by atoms with Crippen molar-refractivity contribution in [1.82, 2.24) is 0 Å². The van der Waals surface area contributed by atoms with Crippen LogP contribution in [-0.4, -0.2) is 0 Å². The lowest BCUT2D eigenvalue weighted by atomic mass is 9.43. The molecule has 8 fully saturated rings. The molecule has 0 N–H and O–H groups in total. The highest BCUT2D eigenvalue weighted by Crippen LogP contribution is 2.64. The second kappa shape index (κ2) is 13.4. The van der Waals surface area contributed by atoms with E-state index in [2.05, 4.69) is 0 Å². The van der Waals surface area contributed by atoms with E-state index >= 15 is 0 Å². The normalized spacial score (nSPS) is 50.7. The second-order valence-corrected chi connectivity index (χ2v) is 18.4. The Labute approximate surface area is 262 Å². The summed E-state index contributed by atoms with van der Waals surface area (Å²) in [5.74, 6) is 15.8. The van der Waals surface area contributed by atoms with Crippen LogP contribution in [0.25, 0.3) is 0 Å². The molecule has 9 unspecified atom stereocenters. The smallest absolute Gasteiger partial charge is 0.0321 e. The predicted molar refractivity (Wildman–Crippen MR) is 178 cm³/mol. The minimum absolute atomic E-state index is 1.11. The number of hydrogen-bond acceptors (Lipinski definition) is 0. The molecule has 0 nitrogen and oxygen atoms in total. The zero-order valence-electron chi connectivity index (χ0n) is 27.9. The van der Waals surface area contributed by atoms with Gasteiger partial charge in [-0.05, 0) is 166 Å². The first-order valence-corrected chi connectivity index (χ1v) is 20.8. The standard InChI is InChI=1S/C42H70/c1-2-12-29(13-3-1)31-22-25-32(26-23-31)35-16-6-7-17-36(35)42-39-20-10-8-18-37(39)41(38-19-9-11-21-40(38)42)34-27-24-30-14-4-5-15-33(30)28-34/h29-42H,1-28H2. The summed E-state index contributed by atoms with van der Waals surface area (Å²) in [6.07, 6.45) is 44.9. The van der Waals surface area contributed by atoms with Crippen molar-refractivity contribution in [3.8, 4) is 0 Å². The molecular formula is C42H70. The Hall–Kier alpha value is 0. The molecule has 8 aliphatic rings. The van der Waals surface area contributed by atoms with Crippen LogP contribution in [0.5, 0.6) is 0 Å². The van der Waals surface area contributed by atoms with Crippen molar-refractivity contribution in [3.63, 3.8) is 0 Å². The van der Waals surface area contributed by atoms with Gasteiger partial charge in [-0.15, -0.1) is 0 Å². The Morgan fingerprint density at radius 1 is 0.190 bits per heavy atom. The van der Waals surface area contributed by atoms with Crippen LogP contribution in [0.1, 0.15) is 180 Å². The third-order valence-electron chi connectivity index (χ3n) is 17.0. The maximum absolute atomic E-state index is 1.67. The molecule has 0 saturated heterocycles. The van der Waals surface area contributed by atoms with E-state index in [9.17, 15) is 0 Å². The molecule has 238 valence electrons. The summed E-state index contributed by atoms with van der Waals surface area (Å²) in [5, 5.41) is 0. The fourth-order valence-corrected chi connectivity index (χ4v) is 15.4. The molecule has 0 heterocycles. The van der Waals surface area contributed by atoms with Crippen LogP contribution in [0.2, 0.25) is 0 Å². The fourth-order valence-electron chi connectivity index (χ4n) is 15.4. The molecule has 0 aliphatic heterocycles. The van der Waals surface area contributed by atoms with Crippen molar-refractivity contribution in [2.24, 2.45) is 82.9 Å². The zero-order chi connectivity index (χ0) is 27.9. The number of hydrogen-bond donors (Lipinski definition) is 0. The SMILES string of the molecule is C1CCC(C2CCC(C3CCCCC3C3C4CCCCC4C(C4CCC5CCCCC5C4)C4CCCCC43)CC2)CC1. The highest BCUT2D eigenvalue weighted by atomic mass is 14.6. The Morgan fingerprint density at radius 2 is 0.524 bits per heavy atom. The first-order chi connectivity index (χ1) is 20.8. The van der Waals surface area contributed by atoms with Gasteiger partial charge in [0.25, 0.3) is 0 Å². The molecule has 8 saturated carbocycles. The van der Waals surface area contributed by atoms with Crippen LogP contribution in [0.4, 0.5) is 0 Å². The Balaban J connectivity index is 1.02. The van der Waals surface area contributed by atoms with E-state index in [-0.39, 0.29) is 0 Å². The molecule has 42 heavy (non-hydrogen) atoms. The van der Waals surface area contributed by atoms with E-state index < -0.39 is 0 Å². The van der Waals surface area contributed by atoms with Crippen LogP contribution in [0.15, 0.2) is 0 Å². The average molecular weight is 575 g/mol. The van der Waals surface area contributed by atoms with Crippen LogP contribution in [0.3, 0.4) is 0 Å². The third-order valence-corrected chi connectivity index (χ3v) is 17.0. The van der Waals surface area contributed by atoms with Gasteiger partial charge in [0.2, 0.25) is 0 Å². The van der Waals surface area contributed by atoms with Gasteiger partial charge in [-0.2, -0.15) is 0 Å². The lowest BCUT2D eigenvalue weighted by Gasteiger charge is -2.62. The minimum atomic E-state index is 1.11. The summed E-state index contributed by atoms with van der Waals surface area (Å²) in [5.41, 5.74) is 0. The molecule has 9 atom stereocenters. The number of fused-ring (bicyclic) bond motifs is 3. The van der Waals surface area contributed by atoms with Gasteiger partial charge < -0.3 is 0 Å². The molecule has 0 aromatic heterocycles. The second-order valence-electron chi connectivity index (χ2n) is 18.4. The maximum Gasteiger partial charge on any atom is -0.0321 e. The average Bonchev–Trinajstić information content (AvgIpc) is 3.07. The largest absolute Gasteiger partial charge is 0.0533 e. The predicted octanol–water partition coefficient (Wildman–Crippen LogP) is 12.6. The number of rotatable bonds is 4. The summed E-state index contributed by atoms with van der Waals surface area (Å²) < 4.78 is 0. The van der Waals surface area contributed by atoms with Crippen LogP contribution >= 0.6 is 0 Å². The van der Waals surface area contributed by atoms with E-state index in [1.807, 2.05) is 0 Å². The van der Waals surface area contributed by atoms with E-state index in [4.69, 9.17) is 0 Å². The highest BCUT2D eigenvalue weighted by Gasteiger charge is 2.56. The zero-order valence-corrected chi connectivity index (χ0v) is 27.9. The molecule has 0 aromatic carbocycles. The molecule has 0 bridgehead atoms. The summed E-state index contributed by atoms with van der Waals surface area (Å²) >= 11 is 0. The van der Waals surface area contributed by atoms with Crippen LogP contribution in [-0.2, 0) is 0 Å².